The third-order valence-electron chi connectivity index (χ3n) is 3.08. The summed E-state index contributed by atoms with van der Waals surface area (Å²) in [5.41, 5.74) is 1.25. The van der Waals surface area contributed by atoms with Gasteiger partial charge in [-0.3, -0.25) is 0 Å². The van der Waals surface area contributed by atoms with Gasteiger partial charge in [-0.05, 0) is 54.5 Å². The number of aryl methyl sites for hydroxylation is 1. The zero-order valence-electron chi connectivity index (χ0n) is 9.91. The highest BCUT2D eigenvalue weighted by Crippen LogP contribution is 2.27. The van der Waals surface area contributed by atoms with Crippen molar-refractivity contribution in [3.63, 3.8) is 0 Å². The first-order valence-electron chi connectivity index (χ1n) is 5.73. The first-order chi connectivity index (χ1) is 7.68. The maximum absolute atomic E-state index is 4.49. The zero-order valence-corrected chi connectivity index (χ0v) is 11.5. The normalized spacial score (nSPS) is 18.6. The molecule has 16 heavy (non-hydrogen) atoms. The number of nitrogens with zero attached hydrogens (tertiary/aromatic N) is 3. The number of likely N-dealkylation sites (N-methyl/N-ethyl adjacent to an activating group) is 1. The van der Waals surface area contributed by atoms with Crippen molar-refractivity contribution in [3.05, 3.63) is 22.3 Å². The zero-order chi connectivity index (χ0) is 11.5. The summed E-state index contributed by atoms with van der Waals surface area (Å²) in [7, 11) is 2.18. The van der Waals surface area contributed by atoms with E-state index in [1.54, 1.807) is 0 Å². The van der Waals surface area contributed by atoms with Gasteiger partial charge in [-0.25, -0.2) is 4.98 Å². The molecule has 0 N–H and O–H groups in total. The Hall–Kier alpha value is -0.610. The summed E-state index contributed by atoms with van der Waals surface area (Å²) in [6.07, 6.45) is 3.10. The molecule has 0 aliphatic carbocycles. The summed E-state index contributed by atoms with van der Waals surface area (Å²) in [4.78, 5) is 9.24. The van der Waals surface area contributed by atoms with Crippen molar-refractivity contribution in [1.29, 1.82) is 0 Å². The number of halogens is 1. The predicted molar refractivity (Wildman–Crippen MR) is 71.0 cm³/mol. The van der Waals surface area contributed by atoms with E-state index in [0.717, 1.165) is 29.9 Å². The van der Waals surface area contributed by atoms with Gasteiger partial charge >= 0.3 is 0 Å². The van der Waals surface area contributed by atoms with Gasteiger partial charge in [0.2, 0.25) is 0 Å². The van der Waals surface area contributed by atoms with E-state index in [0.29, 0.717) is 0 Å². The summed E-state index contributed by atoms with van der Waals surface area (Å²) in [5, 5.41) is 0. The SMILES string of the molecule is Cc1ccnc(N2CCCN(C)CC2)c1Br. The molecule has 2 rings (SSSR count). The average Bonchev–Trinajstić information content (AvgIpc) is 2.47. The lowest BCUT2D eigenvalue weighted by atomic mass is 10.3. The van der Waals surface area contributed by atoms with Gasteiger partial charge in [-0.1, -0.05) is 0 Å². The van der Waals surface area contributed by atoms with Gasteiger partial charge in [-0.15, -0.1) is 0 Å². The molecule has 1 fully saturated rings. The molecule has 1 saturated heterocycles. The average molecular weight is 284 g/mol. The van der Waals surface area contributed by atoms with Crippen LogP contribution < -0.4 is 4.90 Å². The minimum absolute atomic E-state index is 1.06. The molecule has 1 aliphatic heterocycles. The molecule has 2 heterocycles. The first-order valence-corrected chi connectivity index (χ1v) is 6.52. The Morgan fingerprint density at radius 2 is 2.06 bits per heavy atom. The highest BCUT2D eigenvalue weighted by Gasteiger charge is 2.16. The third-order valence-corrected chi connectivity index (χ3v) is 4.06. The number of pyridine rings is 1. The van der Waals surface area contributed by atoms with Gasteiger partial charge < -0.3 is 9.80 Å². The lowest BCUT2D eigenvalue weighted by molar-refractivity contribution is 0.360. The van der Waals surface area contributed by atoms with E-state index in [2.05, 4.69) is 44.7 Å². The first kappa shape index (κ1) is 11.9. The van der Waals surface area contributed by atoms with E-state index >= 15 is 0 Å². The van der Waals surface area contributed by atoms with Crippen LogP contribution in [0.15, 0.2) is 16.7 Å². The summed E-state index contributed by atoms with van der Waals surface area (Å²) in [6, 6.07) is 2.04. The Morgan fingerprint density at radius 1 is 1.25 bits per heavy atom. The van der Waals surface area contributed by atoms with Crippen molar-refractivity contribution >= 4 is 21.7 Å². The molecular formula is C12H18BrN3. The van der Waals surface area contributed by atoms with Crippen LogP contribution in [0.3, 0.4) is 0 Å². The Balaban J connectivity index is 2.20. The Morgan fingerprint density at radius 3 is 2.88 bits per heavy atom. The Labute approximate surface area is 106 Å². The molecule has 0 saturated carbocycles. The summed E-state index contributed by atoms with van der Waals surface area (Å²) in [6.45, 7) is 6.56. The highest BCUT2D eigenvalue weighted by atomic mass is 79.9. The van der Waals surface area contributed by atoms with Crippen LogP contribution in [0.2, 0.25) is 0 Å². The largest absolute Gasteiger partial charge is 0.354 e. The summed E-state index contributed by atoms with van der Waals surface area (Å²) < 4.78 is 1.14. The van der Waals surface area contributed by atoms with Crippen LogP contribution in [0.5, 0.6) is 0 Å². The molecule has 3 nitrogen and oxygen atoms in total. The molecule has 0 bridgehead atoms. The van der Waals surface area contributed by atoms with Gasteiger partial charge in [0, 0.05) is 25.8 Å². The molecule has 0 radical (unpaired) electrons. The number of aromatic nitrogens is 1. The van der Waals surface area contributed by atoms with Crippen LogP contribution in [0.4, 0.5) is 5.82 Å². The van der Waals surface area contributed by atoms with Crippen molar-refractivity contribution in [2.75, 3.05) is 38.1 Å². The molecule has 1 aromatic heterocycles. The van der Waals surface area contributed by atoms with Crippen molar-refractivity contribution < 1.29 is 0 Å². The van der Waals surface area contributed by atoms with E-state index in [4.69, 9.17) is 0 Å². The minimum Gasteiger partial charge on any atom is -0.354 e. The number of anilines is 1. The van der Waals surface area contributed by atoms with Crippen LogP contribution in [0.25, 0.3) is 0 Å². The fourth-order valence-corrected chi connectivity index (χ4v) is 2.49. The standard InChI is InChI=1S/C12H18BrN3/c1-10-4-5-14-12(11(10)13)16-7-3-6-15(2)8-9-16/h4-5H,3,6-9H2,1-2H3. The number of hydrogen-bond acceptors (Lipinski definition) is 3. The summed E-state index contributed by atoms with van der Waals surface area (Å²) >= 11 is 3.64. The molecule has 88 valence electrons. The Kier molecular flexibility index (Phi) is 3.82. The van der Waals surface area contributed by atoms with Crippen LogP contribution in [0, 0.1) is 6.92 Å². The molecule has 1 aromatic rings. The molecule has 0 amide bonds. The van der Waals surface area contributed by atoms with E-state index in [1.165, 1.54) is 18.5 Å². The second-order valence-corrected chi connectivity index (χ2v) is 5.20. The molecule has 4 heteroatoms. The predicted octanol–water partition coefficient (Wildman–Crippen LogP) is 2.29. The van der Waals surface area contributed by atoms with Crippen LogP contribution >= 0.6 is 15.9 Å². The van der Waals surface area contributed by atoms with Gasteiger partial charge in [0.15, 0.2) is 0 Å². The lowest BCUT2D eigenvalue weighted by Gasteiger charge is -2.23. The van der Waals surface area contributed by atoms with Crippen LogP contribution in [-0.2, 0) is 0 Å². The molecular weight excluding hydrogens is 266 g/mol. The Bertz CT molecular complexity index is 367. The fourth-order valence-electron chi connectivity index (χ4n) is 2.00. The fraction of sp³-hybridized carbons (Fsp3) is 0.583. The molecule has 1 aliphatic rings. The molecule has 0 unspecified atom stereocenters. The third kappa shape index (κ3) is 2.55. The lowest BCUT2D eigenvalue weighted by Crippen LogP contribution is -2.29. The minimum atomic E-state index is 1.06. The van der Waals surface area contributed by atoms with Crippen LogP contribution in [-0.4, -0.2) is 43.1 Å². The van der Waals surface area contributed by atoms with E-state index in [9.17, 15) is 0 Å². The summed E-state index contributed by atoms with van der Waals surface area (Å²) in [5.74, 6) is 1.09. The van der Waals surface area contributed by atoms with Gasteiger partial charge in [0.25, 0.3) is 0 Å². The van der Waals surface area contributed by atoms with Gasteiger partial charge in [0.05, 0.1) is 4.47 Å². The van der Waals surface area contributed by atoms with Crippen molar-refractivity contribution in [1.82, 2.24) is 9.88 Å². The number of hydrogen-bond donors (Lipinski definition) is 0. The number of rotatable bonds is 1. The molecule has 0 aromatic carbocycles. The second-order valence-electron chi connectivity index (χ2n) is 4.41. The van der Waals surface area contributed by atoms with E-state index in [-0.39, 0.29) is 0 Å². The van der Waals surface area contributed by atoms with Crippen molar-refractivity contribution in [2.45, 2.75) is 13.3 Å². The smallest absolute Gasteiger partial charge is 0.143 e. The van der Waals surface area contributed by atoms with Gasteiger partial charge in [-0.2, -0.15) is 0 Å². The maximum atomic E-state index is 4.49. The quantitative estimate of drug-likeness (QED) is 0.789. The van der Waals surface area contributed by atoms with E-state index in [1.807, 2.05) is 12.3 Å². The topological polar surface area (TPSA) is 19.4 Å². The van der Waals surface area contributed by atoms with Gasteiger partial charge in [0.1, 0.15) is 5.82 Å². The highest BCUT2D eigenvalue weighted by molar-refractivity contribution is 9.10. The van der Waals surface area contributed by atoms with E-state index < -0.39 is 0 Å². The maximum Gasteiger partial charge on any atom is 0.143 e. The monoisotopic (exact) mass is 283 g/mol. The van der Waals surface area contributed by atoms with Crippen molar-refractivity contribution in [2.24, 2.45) is 0 Å². The van der Waals surface area contributed by atoms with Crippen LogP contribution in [0.1, 0.15) is 12.0 Å². The second kappa shape index (κ2) is 5.15. The molecule has 0 spiro atoms. The van der Waals surface area contributed by atoms with Crippen molar-refractivity contribution in [3.8, 4) is 0 Å². The molecule has 0 atom stereocenters.